The van der Waals surface area contributed by atoms with Crippen LogP contribution in [-0.2, 0) is 4.79 Å². The van der Waals surface area contributed by atoms with Gasteiger partial charge in [-0.1, -0.05) is 37.6 Å². The molecular weight excluding hydrogens is 148 g/mol. The molecule has 0 aromatic heterocycles. The van der Waals surface area contributed by atoms with E-state index in [2.05, 4.69) is 18.2 Å². The standard InChI is InChI=1S/C11H16O/c1-11(2,9-12)8-10-6-4-3-5-7-10/h3-4,7,9H,5-6,8H2,1-2H3. The Kier molecular flexibility index (Phi) is 2.85. The van der Waals surface area contributed by atoms with Crippen LogP contribution in [0.5, 0.6) is 0 Å². The molecule has 0 aromatic carbocycles. The summed E-state index contributed by atoms with van der Waals surface area (Å²) < 4.78 is 0. The molecule has 0 saturated heterocycles. The quantitative estimate of drug-likeness (QED) is 0.463. The van der Waals surface area contributed by atoms with Gasteiger partial charge in [0.1, 0.15) is 6.29 Å². The van der Waals surface area contributed by atoms with Crippen molar-refractivity contribution in [3.05, 3.63) is 23.8 Å². The molecule has 1 aliphatic rings. The van der Waals surface area contributed by atoms with Crippen molar-refractivity contribution in [3.63, 3.8) is 0 Å². The zero-order chi connectivity index (χ0) is 9.03. The fraction of sp³-hybridized carbons (Fsp3) is 0.545. The number of rotatable bonds is 3. The molecule has 1 rings (SSSR count). The fourth-order valence-corrected chi connectivity index (χ4v) is 1.42. The van der Waals surface area contributed by atoms with Crippen LogP contribution < -0.4 is 0 Å². The van der Waals surface area contributed by atoms with Gasteiger partial charge in [-0.25, -0.2) is 0 Å². The molecule has 1 nitrogen and oxygen atoms in total. The van der Waals surface area contributed by atoms with Gasteiger partial charge in [0.2, 0.25) is 0 Å². The summed E-state index contributed by atoms with van der Waals surface area (Å²) in [6, 6.07) is 0. The zero-order valence-electron chi connectivity index (χ0n) is 7.84. The third kappa shape index (κ3) is 2.65. The summed E-state index contributed by atoms with van der Waals surface area (Å²) in [5.74, 6) is 0. The highest BCUT2D eigenvalue weighted by atomic mass is 16.1. The summed E-state index contributed by atoms with van der Waals surface area (Å²) in [4.78, 5) is 10.7. The number of allylic oxidation sites excluding steroid dienone is 4. The number of aldehydes is 1. The minimum Gasteiger partial charge on any atom is -0.303 e. The number of hydrogen-bond donors (Lipinski definition) is 0. The first-order valence-corrected chi connectivity index (χ1v) is 4.43. The summed E-state index contributed by atoms with van der Waals surface area (Å²) in [7, 11) is 0. The van der Waals surface area contributed by atoms with Crippen molar-refractivity contribution in [2.24, 2.45) is 5.41 Å². The molecule has 0 atom stereocenters. The van der Waals surface area contributed by atoms with E-state index in [9.17, 15) is 4.79 Å². The van der Waals surface area contributed by atoms with Crippen LogP contribution in [0.15, 0.2) is 23.8 Å². The molecule has 0 amide bonds. The van der Waals surface area contributed by atoms with Crippen LogP contribution in [-0.4, -0.2) is 6.29 Å². The lowest BCUT2D eigenvalue weighted by Crippen LogP contribution is -2.14. The van der Waals surface area contributed by atoms with Gasteiger partial charge in [0.05, 0.1) is 0 Å². The molecule has 1 aliphatic carbocycles. The van der Waals surface area contributed by atoms with Crippen LogP contribution in [0.4, 0.5) is 0 Å². The van der Waals surface area contributed by atoms with Crippen LogP contribution in [0, 0.1) is 5.41 Å². The van der Waals surface area contributed by atoms with E-state index in [1.165, 1.54) is 5.57 Å². The predicted molar refractivity (Wildman–Crippen MR) is 50.9 cm³/mol. The summed E-state index contributed by atoms with van der Waals surface area (Å²) in [5.41, 5.74) is 1.21. The van der Waals surface area contributed by atoms with Gasteiger partial charge in [-0.2, -0.15) is 0 Å². The second-order valence-electron chi connectivity index (χ2n) is 4.06. The summed E-state index contributed by atoms with van der Waals surface area (Å²) in [5, 5.41) is 0. The smallest absolute Gasteiger partial charge is 0.125 e. The Morgan fingerprint density at radius 2 is 2.25 bits per heavy atom. The monoisotopic (exact) mass is 164 g/mol. The van der Waals surface area contributed by atoms with E-state index < -0.39 is 0 Å². The lowest BCUT2D eigenvalue weighted by molar-refractivity contribution is -0.114. The molecule has 12 heavy (non-hydrogen) atoms. The molecule has 66 valence electrons. The summed E-state index contributed by atoms with van der Waals surface area (Å²) >= 11 is 0. The Balaban J connectivity index is 2.51. The van der Waals surface area contributed by atoms with Gasteiger partial charge < -0.3 is 4.79 Å². The highest BCUT2D eigenvalue weighted by Gasteiger charge is 2.18. The number of carbonyl (C=O) groups is 1. The lowest BCUT2D eigenvalue weighted by Gasteiger charge is -2.19. The number of carbonyl (C=O) groups excluding carboxylic acids is 1. The maximum absolute atomic E-state index is 10.7. The van der Waals surface area contributed by atoms with Crippen molar-refractivity contribution in [2.45, 2.75) is 33.1 Å². The maximum atomic E-state index is 10.7. The van der Waals surface area contributed by atoms with E-state index in [0.29, 0.717) is 0 Å². The third-order valence-corrected chi connectivity index (χ3v) is 2.09. The Bertz CT molecular complexity index is 221. The SMILES string of the molecule is CC(C)(C=O)CC1=CCC=CC1. The van der Waals surface area contributed by atoms with Crippen LogP contribution >= 0.6 is 0 Å². The average molecular weight is 164 g/mol. The first kappa shape index (κ1) is 9.24. The zero-order valence-corrected chi connectivity index (χ0v) is 7.84. The predicted octanol–water partition coefficient (Wildman–Crippen LogP) is 2.88. The molecule has 0 unspecified atom stereocenters. The van der Waals surface area contributed by atoms with Crippen LogP contribution in [0.3, 0.4) is 0 Å². The third-order valence-electron chi connectivity index (χ3n) is 2.09. The maximum Gasteiger partial charge on any atom is 0.125 e. The molecule has 1 heteroatoms. The largest absolute Gasteiger partial charge is 0.303 e. The van der Waals surface area contributed by atoms with Crippen LogP contribution in [0.2, 0.25) is 0 Å². The Morgan fingerprint density at radius 3 is 2.75 bits per heavy atom. The van der Waals surface area contributed by atoms with E-state index in [-0.39, 0.29) is 5.41 Å². The second kappa shape index (κ2) is 3.70. The van der Waals surface area contributed by atoms with Crippen molar-refractivity contribution in [1.29, 1.82) is 0 Å². The second-order valence-corrected chi connectivity index (χ2v) is 4.06. The molecule has 0 saturated carbocycles. The van der Waals surface area contributed by atoms with Crippen molar-refractivity contribution < 1.29 is 4.79 Å². The van der Waals surface area contributed by atoms with Gasteiger partial charge in [-0.05, 0) is 19.3 Å². The van der Waals surface area contributed by atoms with Gasteiger partial charge in [-0.3, -0.25) is 0 Å². The summed E-state index contributed by atoms with van der Waals surface area (Å²) in [6.07, 6.45) is 10.6. The molecule has 0 N–H and O–H groups in total. The molecular formula is C11H16O. The van der Waals surface area contributed by atoms with Crippen molar-refractivity contribution in [1.82, 2.24) is 0 Å². The van der Waals surface area contributed by atoms with E-state index >= 15 is 0 Å². The van der Waals surface area contributed by atoms with Gasteiger partial charge >= 0.3 is 0 Å². The van der Waals surface area contributed by atoms with Crippen LogP contribution in [0.1, 0.15) is 33.1 Å². The van der Waals surface area contributed by atoms with Crippen molar-refractivity contribution >= 4 is 6.29 Å². The van der Waals surface area contributed by atoms with Crippen molar-refractivity contribution in [2.75, 3.05) is 0 Å². The molecule has 0 spiro atoms. The molecule has 0 radical (unpaired) electrons. The Hall–Kier alpha value is -0.850. The highest BCUT2D eigenvalue weighted by molar-refractivity contribution is 5.58. The molecule has 0 heterocycles. The fourth-order valence-electron chi connectivity index (χ4n) is 1.42. The average Bonchev–Trinajstić information content (AvgIpc) is 2.06. The molecule has 0 aromatic rings. The minimum absolute atomic E-state index is 0.184. The minimum atomic E-state index is -0.184. The first-order valence-electron chi connectivity index (χ1n) is 4.43. The van der Waals surface area contributed by atoms with E-state index in [1.807, 2.05) is 13.8 Å². The van der Waals surface area contributed by atoms with Gasteiger partial charge in [0.15, 0.2) is 0 Å². The summed E-state index contributed by atoms with van der Waals surface area (Å²) in [6.45, 7) is 3.97. The van der Waals surface area contributed by atoms with E-state index in [1.54, 1.807) is 0 Å². The topological polar surface area (TPSA) is 17.1 Å². The van der Waals surface area contributed by atoms with Gasteiger partial charge in [0.25, 0.3) is 0 Å². The first-order chi connectivity index (χ1) is 5.64. The Morgan fingerprint density at radius 1 is 1.50 bits per heavy atom. The van der Waals surface area contributed by atoms with E-state index in [0.717, 1.165) is 25.5 Å². The molecule has 0 aliphatic heterocycles. The molecule has 0 bridgehead atoms. The van der Waals surface area contributed by atoms with Gasteiger partial charge in [0, 0.05) is 5.41 Å². The highest BCUT2D eigenvalue weighted by Crippen LogP contribution is 2.26. The lowest BCUT2D eigenvalue weighted by atomic mass is 9.85. The van der Waals surface area contributed by atoms with Crippen molar-refractivity contribution in [3.8, 4) is 0 Å². The normalized spacial score (nSPS) is 17.3. The number of hydrogen-bond acceptors (Lipinski definition) is 1. The molecule has 0 fully saturated rings. The van der Waals surface area contributed by atoms with Crippen LogP contribution in [0.25, 0.3) is 0 Å². The van der Waals surface area contributed by atoms with Gasteiger partial charge in [-0.15, -0.1) is 0 Å². The Labute approximate surface area is 74.2 Å². The van der Waals surface area contributed by atoms with E-state index in [4.69, 9.17) is 0 Å².